The quantitative estimate of drug-likeness (QED) is 0.707. The lowest BCUT2D eigenvalue weighted by Gasteiger charge is -2.34. The number of hydrogen-bond acceptors (Lipinski definition) is 3. The first-order valence-corrected chi connectivity index (χ1v) is 5.63. The van der Waals surface area contributed by atoms with Crippen LogP contribution in [0.5, 0.6) is 5.75 Å². The van der Waals surface area contributed by atoms with Gasteiger partial charge in [-0.25, -0.2) is 9.18 Å². The molecular formula is C12H14FNO4. The predicted octanol–water partition coefficient (Wildman–Crippen LogP) is 1.36. The number of amides is 1. The number of aromatic hydroxyl groups is 1. The average Bonchev–Trinajstić information content (AvgIpc) is 2.32. The summed E-state index contributed by atoms with van der Waals surface area (Å²) in [6.07, 6.45) is -1.50. The van der Waals surface area contributed by atoms with E-state index in [4.69, 9.17) is 10.2 Å². The minimum atomic E-state index is -1.07. The lowest BCUT2D eigenvalue weighted by atomic mass is 9.87. The van der Waals surface area contributed by atoms with Crippen molar-refractivity contribution in [1.82, 2.24) is 4.90 Å². The monoisotopic (exact) mass is 255 g/mol. The summed E-state index contributed by atoms with van der Waals surface area (Å²) < 4.78 is 13.2. The van der Waals surface area contributed by atoms with Crippen LogP contribution in [0, 0.1) is 5.82 Å². The SMILES string of the molecule is O=C(O)N1CCC(c2ccc(O)c(F)c2)C(O)C1. The van der Waals surface area contributed by atoms with Crippen LogP contribution in [-0.2, 0) is 0 Å². The van der Waals surface area contributed by atoms with E-state index >= 15 is 0 Å². The lowest BCUT2D eigenvalue weighted by molar-refractivity contribution is 0.0503. The summed E-state index contributed by atoms with van der Waals surface area (Å²) in [5, 5.41) is 27.8. The highest BCUT2D eigenvalue weighted by molar-refractivity contribution is 5.65. The molecule has 0 spiro atoms. The first kappa shape index (κ1) is 12.6. The van der Waals surface area contributed by atoms with Crippen LogP contribution in [0.3, 0.4) is 0 Å². The Morgan fingerprint density at radius 3 is 2.72 bits per heavy atom. The smallest absolute Gasteiger partial charge is 0.407 e. The molecule has 1 aliphatic rings. The zero-order chi connectivity index (χ0) is 13.3. The Morgan fingerprint density at radius 1 is 1.44 bits per heavy atom. The topological polar surface area (TPSA) is 81.0 Å². The number of likely N-dealkylation sites (tertiary alicyclic amines) is 1. The van der Waals surface area contributed by atoms with E-state index in [-0.39, 0.29) is 12.5 Å². The highest BCUT2D eigenvalue weighted by atomic mass is 19.1. The third-order valence-corrected chi connectivity index (χ3v) is 3.25. The summed E-state index contributed by atoms with van der Waals surface area (Å²) in [6, 6.07) is 3.96. The number of aliphatic hydroxyl groups excluding tert-OH is 1. The first-order chi connectivity index (χ1) is 8.49. The number of nitrogens with zero attached hydrogens (tertiary/aromatic N) is 1. The van der Waals surface area contributed by atoms with Crippen LogP contribution in [-0.4, -0.2) is 45.5 Å². The molecule has 2 unspecified atom stereocenters. The van der Waals surface area contributed by atoms with E-state index in [0.29, 0.717) is 18.5 Å². The molecule has 1 aromatic carbocycles. The Labute approximate surface area is 103 Å². The molecule has 1 aliphatic heterocycles. The molecule has 3 N–H and O–H groups in total. The van der Waals surface area contributed by atoms with Crippen molar-refractivity contribution in [1.29, 1.82) is 0 Å². The number of aliphatic hydroxyl groups is 1. The second-order valence-corrected chi connectivity index (χ2v) is 4.40. The van der Waals surface area contributed by atoms with Crippen molar-refractivity contribution in [3.05, 3.63) is 29.6 Å². The van der Waals surface area contributed by atoms with Gasteiger partial charge in [0.05, 0.1) is 12.6 Å². The molecule has 2 atom stereocenters. The van der Waals surface area contributed by atoms with Crippen molar-refractivity contribution >= 4 is 6.09 Å². The summed E-state index contributed by atoms with van der Waals surface area (Å²) >= 11 is 0. The van der Waals surface area contributed by atoms with Gasteiger partial charge >= 0.3 is 6.09 Å². The molecule has 1 aromatic rings. The average molecular weight is 255 g/mol. The third kappa shape index (κ3) is 2.38. The standard InChI is InChI=1S/C12H14FNO4/c13-9-5-7(1-2-10(9)15)8-3-4-14(12(17)18)6-11(8)16/h1-2,5,8,11,15-16H,3-4,6H2,(H,17,18). The fourth-order valence-electron chi connectivity index (χ4n) is 2.25. The van der Waals surface area contributed by atoms with Crippen LogP contribution in [0.2, 0.25) is 0 Å². The van der Waals surface area contributed by atoms with Crippen LogP contribution in [0.25, 0.3) is 0 Å². The van der Waals surface area contributed by atoms with E-state index in [0.717, 1.165) is 4.90 Å². The fourth-order valence-corrected chi connectivity index (χ4v) is 2.25. The molecule has 18 heavy (non-hydrogen) atoms. The summed E-state index contributed by atoms with van der Waals surface area (Å²) in [4.78, 5) is 11.9. The summed E-state index contributed by atoms with van der Waals surface area (Å²) in [5.41, 5.74) is 0.572. The van der Waals surface area contributed by atoms with Gasteiger partial charge in [0.15, 0.2) is 11.6 Å². The molecule has 0 saturated carbocycles. The highest BCUT2D eigenvalue weighted by Crippen LogP contribution is 2.30. The normalized spacial score (nSPS) is 24.0. The van der Waals surface area contributed by atoms with Crippen molar-refractivity contribution in [2.24, 2.45) is 0 Å². The maximum absolute atomic E-state index is 13.2. The van der Waals surface area contributed by atoms with Crippen LogP contribution < -0.4 is 0 Å². The third-order valence-electron chi connectivity index (χ3n) is 3.25. The van der Waals surface area contributed by atoms with Crippen molar-refractivity contribution in [2.75, 3.05) is 13.1 Å². The van der Waals surface area contributed by atoms with Gasteiger partial charge in [0.25, 0.3) is 0 Å². The number of benzene rings is 1. The molecule has 0 aromatic heterocycles. The molecule has 2 rings (SSSR count). The number of hydrogen-bond donors (Lipinski definition) is 3. The van der Waals surface area contributed by atoms with Gasteiger partial charge in [0.2, 0.25) is 0 Å². The minimum absolute atomic E-state index is 0.0164. The van der Waals surface area contributed by atoms with Crippen molar-refractivity contribution in [3.8, 4) is 5.75 Å². The summed E-state index contributed by atoms with van der Waals surface area (Å²) in [6.45, 7) is 0.321. The lowest BCUT2D eigenvalue weighted by Crippen LogP contribution is -2.45. The molecule has 0 aliphatic carbocycles. The van der Waals surface area contributed by atoms with E-state index < -0.39 is 23.8 Å². The van der Waals surface area contributed by atoms with E-state index in [1.165, 1.54) is 12.1 Å². The van der Waals surface area contributed by atoms with Crippen molar-refractivity contribution in [2.45, 2.75) is 18.4 Å². The van der Waals surface area contributed by atoms with Gasteiger partial charge in [-0.15, -0.1) is 0 Å². The summed E-state index contributed by atoms with van der Waals surface area (Å²) in [7, 11) is 0. The minimum Gasteiger partial charge on any atom is -0.505 e. The maximum atomic E-state index is 13.2. The zero-order valence-corrected chi connectivity index (χ0v) is 9.58. The van der Waals surface area contributed by atoms with E-state index in [2.05, 4.69) is 0 Å². The van der Waals surface area contributed by atoms with Crippen LogP contribution in [0.15, 0.2) is 18.2 Å². The zero-order valence-electron chi connectivity index (χ0n) is 9.58. The number of rotatable bonds is 1. The van der Waals surface area contributed by atoms with Gasteiger partial charge in [-0.1, -0.05) is 6.07 Å². The van der Waals surface area contributed by atoms with E-state index in [1.807, 2.05) is 0 Å². The number of β-amino-alcohol motifs (C(OH)–C–C–N with tert-alkyl or cyclic N) is 1. The Balaban J connectivity index is 2.15. The van der Waals surface area contributed by atoms with Crippen LogP contribution in [0.4, 0.5) is 9.18 Å². The number of phenols is 1. The molecular weight excluding hydrogens is 241 g/mol. The van der Waals surface area contributed by atoms with Crippen LogP contribution in [0.1, 0.15) is 17.9 Å². The molecule has 5 nitrogen and oxygen atoms in total. The van der Waals surface area contributed by atoms with E-state index in [9.17, 15) is 14.3 Å². The van der Waals surface area contributed by atoms with E-state index in [1.54, 1.807) is 6.07 Å². The molecule has 0 radical (unpaired) electrons. The number of halogens is 1. The molecule has 6 heteroatoms. The molecule has 0 bridgehead atoms. The number of carboxylic acid groups (broad SMARTS) is 1. The Bertz CT molecular complexity index is 465. The Hall–Kier alpha value is -1.82. The fraction of sp³-hybridized carbons (Fsp3) is 0.417. The van der Waals surface area contributed by atoms with Gasteiger partial charge in [-0.2, -0.15) is 0 Å². The Morgan fingerprint density at radius 2 is 2.17 bits per heavy atom. The highest BCUT2D eigenvalue weighted by Gasteiger charge is 2.31. The number of piperidine rings is 1. The van der Waals surface area contributed by atoms with Gasteiger partial charge in [-0.3, -0.25) is 0 Å². The van der Waals surface area contributed by atoms with Gasteiger partial charge in [-0.05, 0) is 24.1 Å². The van der Waals surface area contributed by atoms with Gasteiger partial charge < -0.3 is 20.2 Å². The maximum Gasteiger partial charge on any atom is 0.407 e. The van der Waals surface area contributed by atoms with Gasteiger partial charge in [0.1, 0.15) is 0 Å². The number of phenolic OH excluding ortho intramolecular Hbond substituents is 1. The predicted molar refractivity (Wildman–Crippen MR) is 61.0 cm³/mol. The summed E-state index contributed by atoms with van der Waals surface area (Å²) in [5.74, 6) is -1.48. The largest absolute Gasteiger partial charge is 0.505 e. The second kappa shape index (κ2) is 4.81. The second-order valence-electron chi connectivity index (χ2n) is 4.40. The van der Waals surface area contributed by atoms with Crippen LogP contribution >= 0.6 is 0 Å². The van der Waals surface area contributed by atoms with Crippen molar-refractivity contribution in [3.63, 3.8) is 0 Å². The molecule has 1 saturated heterocycles. The molecule has 1 fully saturated rings. The first-order valence-electron chi connectivity index (χ1n) is 5.63. The Kier molecular flexibility index (Phi) is 3.38. The van der Waals surface area contributed by atoms with Crippen molar-refractivity contribution < 1.29 is 24.5 Å². The molecule has 1 heterocycles. The number of carbonyl (C=O) groups is 1. The molecule has 98 valence electrons. The van der Waals surface area contributed by atoms with Gasteiger partial charge in [0, 0.05) is 12.5 Å². The molecule has 1 amide bonds.